The molecule has 0 fully saturated rings. The zero-order valence-electron chi connectivity index (χ0n) is 6.63. The Kier molecular flexibility index (Phi) is 2.73. The van der Waals surface area contributed by atoms with E-state index in [4.69, 9.17) is 4.74 Å². The summed E-state index contributed by atoms with van der Waals surface area (Å²) in [5.74, 6) is 0.843. The minimum Gasteiger partial charge on any atom is -0.490 e. The van der Waals surface area contributed by atoms with Crippen LogP contribution in [0.2, 0.25) is 0 Å². The van der Waals surface area contributed by atoms with E-state index in [-0.39, 0.29) is 0 Å². The molecule has 1 nitrogen and oxygen atoms in total. The van der Waals surface area contributed by atoms with Gasteiger partial charge in [-0.1, -0.05) is 18.7 Å². The SMILES string of the molecule is C=CCOc1c[c]c(C)cc1. The molecule has 0 saturated carbocycles. The molecule has 0 N–H and O–H groups in total. The van der Waals surface area contributed by atoms with Gasteiger partial charge in [0.15, 0.2) is 0 Å². The first-order valence-electron chi connectivity index (χ1n) is 3.55. The first-order chi connectivity index (χ1) is 5.33. The topological polar surface area (TPSA) is 9.23 Å². The van der Waals surface area contributed by atoms with Crippen LogP contribution in [0.3, 0.4) is 0 Å². The van der Waals surface area contributed by atoms with Crippen LogP contribution < -0.4 is 4.74 Å². The molecule has 0 aliphatic carbocycles. The van der Waals surface area contributed by atoms with Crippen molar-refractivity contribution in [3.8, 4) is 5.75 Å². The Morgan fingerprint density at radius 3 is 3.00 bits per heavy atom. The molecule has 0 spiro atoms. The van der Waals surface area contributed by atoms with Crippen LogP contribution in [-0.4, -0.2) is 6.61 Å². The minimum atomic E-state index is 0.552. The van der Waals surface area contributed by atoms with E-state index in [1.54, 1.807) is 6.08 Å². The fraction of sp³-hybridized carbons (Fsp3) is 0.200. The molecule has 1 rings (SSSR count). The molecule has 0 amide bonds. The summed E-state index contributed by atoms with van der Waals surface area (Å²) in [6, 6.07) is 8.78. The molecule has 0 atom stereocenters. The van der Waals surface area contributed by atoms with Gasteiger partial charge < -0.3 is 4.74 Å². The second kappa shape index (κ2) is 3.81. The quantitative estimate of drug-likeness (QED) is 0.596. The normalized spacial score (nSPS) is 9.18. The van der Waals surface area contributed by atoms with E-state index in [0.717, 1.165) is 11.3 Å². The highest BCUT2D eigenvalue weighted by atomic mass is 16.5. The average Bonchev–Trinajstić information content (AvgIpc) is 2.04. The molecule has 0 bridgehead atoms. The van der Waals surface area contributed by atoms with Crippen molar-refractivity contribution < 1.29 is 4.74 Å². The average molecular weight is 147 g/mol. The number of ether oxygens (including phenoxy) is 1. The fourth-order valence-corrected chi connectivity index (χ4v) is 0.733. The maximum absolute atomic E-state index is 5.26. The summed E-state index contributed by atoms with van der Waals surface area (Å²) in [5, 5.41) is 0. The summed E-state index contributed by atoms with van der Waals surface area (Å²) in [7, 11) is 0. The summed E-state index contributed by atoms with van der Waals surface area (Å²) in [6.07, 6.45) is 1.72. The van der Waals surface area contributed by atoms with Crippen molar-refractivity contribution in [2.45, 2.75) is 6.92 Å². The fourth-order valence-electron chi connectivity index (χ4n) is 0.733. The second-order valence-electron chi connectivity index (χ2n) is 2.31. The smallest absolute Gasteiger partial charge is 0.120 e. The van der Waals surface area contributed by atoms with E-state index in [1.165, 1.54) is 0 Å². The maximum atomic E-state index is 5.26. The largest absolute Gasteiger partial charge is 0.490 e. The highest BCUT2D eigenvalue weighted by Crippen LogP contribution is 2.10. The van der Waals surface area contributed by atoms with Gasteiger partial charge >= 0.3 is 0 Å². The molecule has 0 aliphatic heterocycles. The van der Waals surface area contributed by atoms with Gasteiger partial charge in [0.1, 0.15) is 12.4 Å². The summed E-state index contributed by atoms with van der Waals surface area (Å²) in [4.78, 5) is 0. The molecule has 0 saturated heterocycles. The van der Waals surface area contributed by atoms with Gasteiger partial charge in [-0.2, -0.15) is 0 Å². The van der Waals surface area contributed by atoms with Crippen molar-refractivity contribution in [2.24, 2.45) is 0 Å². The lowest BCUT2D eigenvalue weighted by Gasteiger charge is -2.01. The van der Waals surface area contributed by atoms with Crippen molar-refractivity contribution in [1.29, 1.82) is 0 Å². The van der Waals surface area contributed by atoms with Crippen LogP contribution >= 0.6 is 0 Å². The Balaban J connectivity index is 2.58. The molecule has 1 aromatic carbocycles. The van der Waals surface area contributed by atoms with E-state index < -0.39 is 0 Å². The Morgan fingerprint density at radius 2 is 2.45 bits per heavy atom. The van der Waals surface area contributed by atoms with Crippen LogP contribution in [0, 0.1) is 13.0 Å². The van der Waals surface area contributed by atoms with Crippen molar-refractivity contribution >= 4 is 0 Å². The molecular weight excluding hydrogens is 136 g/mol. The van der Waals surface area contributed by atoms with Gasteiger partial charge in [-0.3, -0.25) is 0 Å². The van der Waals surface area contributed by atoms with E-state index in [9.17, 15) is 0 Å². The lowest BCUT2D eigenvalue weighted by molar-refractivity contribution is 0.363. The van der Waals surface area contributed by atoms with Crippen molar-refractivity contribution in [3.05, 3.63) is 42.5 Å². The monoisotopic (exact) mass is 147 g/mol. The van der Waals surface area contributed by atoms with Crippen LogP contribution in [-0.2, 0) is 0 Å². The Bertz CT molecular complexity index is 223. The van der Waals surface area contributed by atoms with E-state index in [2.05, 4.69) is 12.6 Å². The lowest BCUT2D eigenvalue weighted by Crippen LogP contribution is -1.91. The molecule has 1 aromatic rings. The van der Waals surface area contributed by atoms with Crippen molar-refractivity contribution in [1.82, 2.24) is 0 Å². The maximum Gasteiger partial charge on any atom is 0.120 e. The van der Waals surface area contributed by atoms with Gasteiger partial charge in [0.05, 0.1) is 0 Å². The van der Waals surface area contributed by atoms with Gasteiger partial charge in [-0.05, 0) is 30.7 Å². The molecule has 1 heteroatoms. The lowest BCUT2D eigenvalue weighted by atomic mass is 10.2. The van der Waals surface area contributed by atoms with Crippen LogP contribution in [0.4, 0.5) is 0 Å². The molecule has 0 aliphatic rings. The third-order valence-electron chi connectivity index (χ3n) is 1.31. The Morgan fingerprint density at radius 1 is 1.64 bits per heavy atom. The second-order valence-corrected chi connectivity index (χ2v) is 2.31. The van der Waals surface area contributed by atoms with Gasteiger partial charge in [0, 0.05) is 0 Å². The first-order valence-corrected chi connectivity index (χ1v) is 3.55. The van der Waals surface area contributed by atoms with Gasteiger partial charge in [-0.15, -0.1) is 0 Å². The minimum absolute atomic E-state index is 0.552. The van der Waals surface area contributed by atoms with E-state index >= 15 is 0 Å². The highest BCUT2D eigenvalue weighted by Gasteiger charge is 1.89. The first kappa shape index (κ1) is 7.86. The van der Waals surface area contributed by atoms with Gasteiger partial charge in [0.2, 0.25) is 0 Å². The molecule has 57 valence electrons. The number of hydrogen-bond donors (Lipinski definition) is 0. The van der Waals surface area contributed by atoms with Crippen LogP contribution in [0.5, 0.6) is 5.75 Å². The van der Waals surface area contributed by atoms with Crippen LogP contribution in [0.15, 0.2) is 30.9 Å². The molecule has 0 unspecified atom stereocenters. The third-order valence-corrected chi connectivity index (χ3v) is 1.31. The van der Waals surface area contributed by atoms with Crippen LogP contribution in [0.25, 0.3) is 0 Å². The summed E-state index contributed by atoms with van der Waals surface area (Å²) in [5.41, 5.74) is 1.12. The third kappa shape index (κ3) is 2.46. The van der Waals surface area contributed by atoms with Crippen molar-refractivity contribution in [3.63, 3.8) is 0 Å². The summed E-state index contributed by atoms with van der Waals surface area (Å²) >= 11 is 0. The number of benzene rings is 1. The number of hydrogen-bond acceptors (Lipinski definition) is 1. The van der Waals surface area contributed by atoms with Gasteiger partial charge in [0.25, 0.3) is 0 Å². The molecule has 0 heterocycles. The zero-order chi connectivity index (χ0) is 8.10. The molecular formula is C10H11O. The Hall–Kier alpha value is -1.24. The molecule has 0 aromatic heterocycles. The number of rotatable bonds is 3. The summed E-state index contributed by atoms with van der Waals surface area (Å²) < 4.78 is 5.26. The predicted octanol–water partition coefficient (Wildman–Crippen LogP) is 2.36. The van der Waals surface area contributed by atoms with Crippen LogP contribution in [0.1, 0.15) is 5.56 Å². The highest BCUT2D eigenvalue weighted by molar-refractivity contribution is 5.25. The zero-order valence-corrected chi connectivity index (χ0v) is 6.63. The molecule has 11 heavy (non-hydrogen) atoms. The predicted molar refractivity (Wildman–Crippen MR) is 45.7 cm³/mol. The van der Waals surface area contributed by atoms with Crippen molar-refractivity contribution in [2.75, 3.05) is 6.61 Å². The van der Waals surface area contributed by atoms with E-state index in [1.807, 2.05) is 25.1 Å². The van der Waals surface area contributed by atoms with E-state index in [0.29, 0.717) is 6.61 Å². The number of aryl methyl sites for hydroxylation is 1. The molecule has 1 radical (unpaired) electrons. The Labute approximate surface area is 67.3 Å². The van der Waals surface area contributed by atoms with Gasteiger partial charge in [-0.25, -0.2) is 0 Å². The standard InChI is InChI=1S/C10H11O/c1-3-8-11-10-6-4-9(2)5-7-10/h3-4,6-7H,1,8H2,2H3. The summed E-state index contributed by atoms with van der Waals surface area (Å²) in [6.45, 7) is 6.11.